The van der Waals surface area contributed by atoms with Gasteiger partial charge in [0, 0.05) is 51.2 Å². The van der Waals surface area contributed by atoms with Gasteiger partial charge in [-0.3, -0.25) is 33.7 Å². The van der Waals surface area contributed by atoms with E-state index in [1.165, 1.54) is 28.4 Å². The number of carbonyl (C=O) groups excluding carboxylic acids is 4. The highest BCUT2D eigenvalue weighted by Crippen LogP contribution is 2.37. The summed E-state index contributed by atoms with van der Waals surface area (Å²) in [5, 5.41) is 17.4. The zero-order valence-electron chi connectivity index (χ0n) is 34.3. The van der Waals surface area contributed by atoms with Crippen molar-refractivity contribution >= 4 is 70.6 Å². The Morgan fingerprint density at radius 3 is 1.46 bits per heavy atom. The van der Waals surface area contributed by atoms with Gasteiger partial charge in [0.05, 0.1) is 5.25 Å². The Hall–Kier alpha value is -1.53. The second kappa shape index (κ2) is 19.5. The van der Waals surface area contributed by atoms with Crippen LogP contribution in [0.25, 0.3) is 0 Å². The van der Waals surface area contributed by atoms with Gasteiger partial charge in [-0.1, -0.05) is 104 Å². The maximum Gasteiger partial charge on any atom is 0.317 e. The van der Waals surface area contributed by atoms with E-state index in [2.05, 4.69) is 20.8 Å². The lowest BCUT2D eigenvalue weighted by atomic mass is 9.86. The van der Waals surface area contributed by atoms with Crippen LogP contribution in [0.5, 0.6) is 0 Å². The van der Waals surface area contributed by atoms with Crippen LogP contribution in [-0.4, -0.2) is 86.5 Å². The standard InChI is InChI=1S/2C13H24O3S.C12H21NO2S/c1-12(2,3)7-10(14)9(11(15)16)8-17-13(4,5)6;1-12(2,3)8-9(14)7-10(11(15)16)17-13(4,5)6;1-11(2,3)13-9(14)7-8(10(13)15)16-12(4,5)6/h9H,7-8H2,1-6H3,(H,15,16);10H,7-8H2,1-6H3,(H,15,16);8H,7H2,1-6H3. The molecule has 0 bridgehead atoms. The molecule has 3 unspecified atom stereocenters. The molecule has 0 aromatic rings. The lowest BCUT2D eigenvalue weighted by molar-refractivity contribution is -0.146. The summed E-state index contributed by atoms with van der Waals surface area (Å²) in [5.74, 6) is -2.63. The van der Waals surface area contributed by atoms with Crippen LogP contribution in [0.3, 0.4) is 0 Å². The second-order valence-electron chi connectivity index (χ2n) is 19.2. The highest BCUT2D eigenvalue weighted by molar-refractivity contribution is 8.02. The molecule has 0 saturated carbocycles. The van der Waals surface area contributed by atoms with E-state index >= 15 is 0 Å². The van der Waals surface area contributed by atoms with Crippen LogP contribution in [0.4, 0.5) is 0 Å². The fourth-order valence-electron chi connectivity index (χ4n) is 4.59. The maximum absolute atomic E-state index is 12.1. The molecule has 1 rings (SSSR count). The molecule has 0 radical (unpaired) electrons. The summed E-state index contributed by atoms with van der Waals surface area (Å²) in [6, 6.07) is 0. The molecule has 0 spiro atoms. The molecule has 1 heterocycles. The SMILES string of the molecule is CC(C)(C)CC(=O)C(CSC(C)(C)C)C(=O)O.CC(C)(C)CC(=O)CC(SC(C)(C)C)C(=O)O.CC(C)(C)SC1CC(=O)N(C(C)(C)C)C1=O. The van der Waals surface area contributed by atoms with Crippen molar-refractivity contribution in [2.45, 2.75) is 181 Å². The molecular weight excluding hydrogens is 695 g/mol. The van der Waals surface area contributed by atoms with Crippen LogP contribution in [0.1, 0.15) is 150 Å². The van der Waals surface area contributed by atoms with Crippen molar-refractivity contribution in [1.29, 1.82) is 0 Å². The molecular formula is C38H69NO8S3. The summed E-state index contributed by atoms with van der Waals surface area (Å²) < 4.78 is -0.157. The Morgan fingerprint density at radius 2 is 1.16 bits per heavy atom. The number of aliphatic carboxylic acids is 2. The molecule has 0 aliphatic carbocycles. The fraction of sp³-hybridized carbons (Fsp3) is 0.842. The number of carboxylic acids is 2. The van der Waals surface area contributed by atoms with Gasteiger partial charge in [0.2, 0.25) is 11.8 Å². The Kier molecular flexibility index (Phi) is 19.7. The first-order valence-electron chi connectivity index (χ1n) is 17.2. The van der Waals surface area contributed by atoms with Crippen LogP contribution < -0.4 is 0 Å². The summed E-state index contributed by atoms with van der Waals surface area (Å²) in [5.41, 5.74) is -0.634. The third-order valence-electron chi connectivity index (χ3n) is 6.26. The third kappa shape index (κ3) is 24.6. The van der Waals surface area contributed by atoms with Crippen molar-refractivity contribution in [2.24, 2.45) is 16.7 Å². The van der Waals surface area contributed by atoms with E-state index in [1.54, 1.807) is 11.8 Å². The van der Waals surface area contributed by atoms with Gasteiger partial charge >= 0.3 is 11.9 Å². The van der Waals surface area contributed by atoms with E-state index < -0.39 is 28.6 Å². The number of imide groups is 1. The number of likely N-dealkylation sites (tertiary alicyclic amines) is 1. The minimum Gasteiger partial charge on any atom is -0.481 e. The largest absolute Gasteiger partial charge is 0.481 e. The Balaban J connectivity index is 0. The zero-order valence-corrected chi connectivity index (χ0v) is 36.7. The van der Waals surface area contributed by atoms with Crippen molar-refractivity contribution in [3.05, 3.63) is 0 Å². The van der Waals surface area contributed by atoms with Crippen molar-refractivity contribution in [3.63, 3.8) is 0 Å². The Morgan fingerprint density at radius 1 is 0.700 bits per heavy atom. The van der Waals surface area contributed by atoms with E-state index in [0.29, 0.717) is 25.0 Å². The van der Waals surface area contributed by atoms with E-state index in [0.717, 1.165) is 0 Å². The van der Waals surface area contributed by atoms with E-state index in [1.807, 2.05) is 104 Å². The molecule has 9 nitrogen and oxygen atoms in total. The predicted octanol–water partition coefficient (Wildman–Crippen LogP) is 9.04. The number of carbonyl (C=O) groups is 6. The number of nitrogens with zero attached hydrogens (tertiary/aromatic N) is 1. The van der Waals surface area contributed by atoms with Crippen LogP contribution in [0.15, 0.2) is 0 Å². The lowest BCUT2D eigenvalue weighted by Crippen LogP contribution is -2.46. The summed E-state index contributed by atoms with van der Waals surface area (Å²) in [6.45, 7) is 35.6. The summed E-state index contributed by atoms with van der Waals surface area (Å²) >= 11 is 4.45. The lowest BCUT2D eigenvalue weighted by Gasteiger charge is -2.30. The van der Waals surface area contributed by atoms with Gasteiger partial charge in [-0.25, -0.2) is 0 Å². The number of thioether (sulfide) groups is 3. The molecule has 0 aromatic heterocycles. The first kappa shape index (κ1) is 50.6. The van der Waals surface area contributed by atoms with Crippen molar-refractivity contribution in [3.8, 4) is 0 Å². The van der Waals surface area contributed by atoms with E-state index in [9.17, 15) is 28.8 Å². The average Bonchev–Trinajstić information content (AvgIpc) is 3.06. The summed E-state index contributed by atoms with van der Waals surface area (Å²) in [4.78, 5) is 71.3. The molecule has 1 saturated heterocycles. The quantitative estimate of drug-likeness (QED) is 0.154. The number of hydrogen-bond acceptors (Lipinski definition) is 9. The highest BCUT2D eigenvalue weighted by atomic mass is 32.2. The Labute approximate surface area is 316 Å². The number of amides is 2. The molecule has 12 heteroatoms. The molecule has 1 aliphatic rings. The zero-order chi connectivity index (χ0) is 40.4. The van der Waals surface area contributed by atoms with Crippen LogP contribution >= 0.6 is 35.3 Å². The molecule has 2 N–H and O–H groups in total. The van der Waals surface area contributed by atoms with Crippen molar-refractivity contribution in [2.75, 3.05) is 5.75 Å². The number of ketones is 2. The normalized spacial score (nSPS) is 17.2. The van der Waals surface area contributed by atoms with Crippen LogP contribution in [0.2, 0.25) is 0 Å². The van der Waals surface area contributed by atoms with E-state index in [-0.39, 0.29) is 60.1 Å². The predicted molar refractivity (Wildman–Crippen MR) is 212 cm³/mol. The van der Waals surface area contributed by atoms with Gasteiger partial charge in [-0.15, -0.1) is 23.5 Å². The third-order valence-corrected chi connectivity index (χ3v) is 10.3. The number of Topliss-reactive ketones (excluding diaryl/α,β-unsaturated/α-hetero) is 2. The van der Waals surface area contributed by atoms with Gasteiger partial charge in [-0.2, -0.15) is 11.8 Å². The number of carboxylic acid groups (broad SMARTS) is 2. The van der Waals surface area contributed by atoms with Gasteiger partial charge in [0.25, 0.3) is 0 Å². The molecule has 3 atom stereocenters. The monoisotopic (exact) mass is 763 g/mol. The molecule has 292 valence electrons. The maximum atomic E-state index is 12.1. The second-order valence-corrected chi connectivity index (χ2v) is 25.1. The number of hydrogen-bond donors (Lipinski definition) is 2. The highest BCUT2D eigenvalue weighted by Gasteiger charge is 2.45. The van der Waals surface area contributed by atoms with Gasteiger partial charge in [0.1, 0.15) is 22.7 Å². The number of rotatable bonds is 11. The molecule has 50 heavy (non-hydrogen) atoms. The first-order chi connectivity index (χ1) is 21.8. The topological polar surface area (TPSA) is 146 Å². The van der Waals surface area contributed by atoms with Gasteiger partial charge in [0.15, 0.2) is 0 Å². The summed E-state index contributed by atoms with van der Waals surface area (Å²) in [7, 11) is 0. The average molecular weight is 764 g/mol. The van der Waals surface area contributed by atoms with Crippen molar-refractivity contribution in [1.82, 2.24) is 4.90 Å². The minimum absolute atomic E-state index is 0.00843. The van der Waals surface area contributed by atoms with Gasteiger partial charge in [-0.05, 0) is 31.6 Å². The molecule has 2 amide bonds. The van der Waals surface area contributed by atoms with E-state index in [4.69, 9.17) is 10.2 Å². The van der Waals surface area contributed by atoms with Crippen LogP contribution in [-0.2, 0) is 28.8 Å². The first-order valence-corrected chi connectivity index (χ1v) is 20.0. The fourth-order valence-corrected chi connectivity index (χ4v) is 8.09. The van der Waals surface area contributed by atoms with Crippen LogP contribution in [0, 0.1) is 16.7 Å². The smallest absolute Gasteiger partial charge is 0.317 e. The van der Waals surface area contributed by atoms with Gasteiger partial charge < -0.3 is 10.2 Å². The molecule has 0 aromatic carbocycles. The molecule has 1 aliphatic heterocycles. The Bertz CT molecular complexity index is 1170. The molecule has 1 fully saturated rings. The minimum atomic E-state index is -1.00. The summed E-state index contributed by atoms with van der Waals surface area (Å²) in [6.07, 6.45) is 1.21. The van der Waals surface area contributed by atoms with Crippen molar-refractivity contribution < 1.29 is 39.0 Å².